The monoisotopic (exact) mass is 297 g/mol. The summed E-state index contributed by atoms with van der Waals surface area (Å²) in [5.74, 6) is -0.286. The van der Waals surface area contributed by atoms with E-state index < -0.39 is 0 Å². The summed E-state index contributed by atoms with van der Waals surface area (Å²) in [6.07, 6.45) is 1.77. The van der Waals surface area contributed by atoms with E-state index >= 15 is 0 Å². The summed E-state index contributed by atoms with van der Waals surface area (Å²) in [5, 5.41) is 0. The lowest BCUT2D eigenvalue weighted by Crippen LogP contribution is -2.14. The minimum atomic E-state index is -0.286. The minimum Gasteiger partial charge on any atom is -0.461 e. The average Bonchev–Trinajstić information content (AvgIpc) is 2.38. The van der Waals surface area contributed by atoms with Crippen molar-refractivity contribution in [2.75, 3.05) is 52.8 Å². The highest BCUT2D eigenvalue weighted by Crippen LogP contribution is 1.89. The average molecular weight is 298 g/mol. The zero-order chi connectivity index (χ0) is 13.5. The van der Waals surface area contributed by atoms with Gasteiger partial charge >= 0.3 is 5.97 Å². The summed E-state index contributed by atoms with van der Waals surface area (Å²) < 4.78 is 20.3. The van der Waals surface area contributed by atoms with E-state index in [0.717, 1.165) is 0 Å². The van der Waals surface area contributed by atoms with E-state index in [1.807, 2.05) is 0 Å². The van der Waals surface area contributed by atoms with Crippen molar-refractivity contribution in [1.29, 1.82) is 0 Å². The zero-order valence-corrected chi connectivity index (χ0v) is 12.0. The van der Waals surface area contributed by atoms with Gasteiger partial charge in [0.2, 0.25) is 0 Å². The van der Waals surface area contributed by atoms with Crippen LogP contribution < -0.4 is 5.73 Å². The third kappa shape index (κ3) is 17.3. The molecule has 0 saturated carbocycles. The minimum absolute atomic E-state index is 0. The van der Waals surface area contributed by atoms with Crippen molar-refractivity contribution in [2.45, 2.75) is 6.42 Å². The van der Waals surface area contributed by atoms with Crippen molar-refractivity contribution < 1.29 is 23.7 Å². The molecule has 0 aliphatic heterocycles. The van der Waals surface area contributed by atoms with Crippen LogP contribution in [0.3, 0.4) is 0 Å². The normalized spacial score (nSPS) is 9.74. The molecule has 0 aromatic heterocycles. The fourth-order valence-corrected chi connectivity index (χ4v) is 1.00. The lowest BCUT2D eigenvalue weighted by atomic mass is 10.5. The highest BCUT2D eigenvalue weighted by Gasteiger charge is 2.00. The molecule has 0 aromatic rings. The molecule has 0 aliphatic carbocycles. The molecule has 0 heterocycles. The van der Waals surface area contributed by atoms with Gasteiger partial charge in [-0.15, -0.1) is 12.4 Å². The number of nitrogens with two attached hydrogens (primary N) is 1. The van der Waals surface area contributed by atoms with Crippen molar-refractivity contribution in [2.24, 2.45) is 5.73 Å². The van der Waals surface area contributed by atoms with Crippen LogP contribution in [0.4, 0.5) is 0 Å². The first-order valence-electron chi connectivity index (χ1n) is 6.01. The van der Waals surface area contributed by atoms with Crippen LogP contribution >= 0.6 is 12.4 Å². The van der Waals surface area contributed by atoms with Gasteiger partial charge in [0.25, 0.3) is 0 Å². The van der Waals surface area contributed by atoms with E-state index in [-0.39, 0.29) is 31.4 Å². The van der Waals surface area contributed by atoms with E-state index in [9.17, 15) is 4.79 Å². The van der Waals surface area contributed by atoms with Gasteiger partial charge in [-0.3, -0.25) is 4.79 Å². The highest BCUT2D eigenvalue weighted by molar-refractivity contribution is 5.85. The maximum Gasteiger partial charge on any atom is 0.308 e. The smallest absolute Gasteiger partial charge is 0.308 e. The van der Waals surface area contributed by atoms with Crippen molar-refractivity contribution in [1.82, 2.24) is 0 Å². The second-order valence-electron chi connectivity index (χ2n) is 3.35. The SMILES string of the molecule is C=CCOC(=O)CCOCCOCCOCCN.Cl. The number of ether oxygens (including phenoxy) is 4. The summed E-state index contributed by atoms with van der Waals surface area (Å²) in [5.41, 5.74) is 5.25. The highest BCUT2D eigenvalue weighted by atomic mass is 35.5. The van der Waals surface area contributed by atoms with Crippen LogP contribution in [0.5, 0.6) is 0 Å². The van der Waals surface area contributed by atoms with Crippen LogP contribution in [0.15, 0.2) is 12.7 Å². The Morgan fingerprint density at radius 1 is 1.00 bits per heavy atom. The van der Waals surface area contributed by atoms with Gasteiger partial charge in [0.1, 0.15) is 6.61 Å². The zero-order valence-electron chi connectivity index (χ0n) is 11.2. The molecule has 0 amide bonds. The molecule has 19 heavy (non-hydrogen) atoms. The number of halogens is 1. The Kier molecular flexibility index (Phi) is 18.8. The van der Waals surface area contributed by atoms with E-state index in [2.05, 4.69) is 6.58 Å². The van der Waals surface area contributed by atoms with Gasteiger partial charge in [0, 0.05) is 6.54 Å². The maximum absolute atomic E-state index is 11.0. The summed E-state index contributed by atoms with van der Waals surface area (Å²) >= 11 is 0. The summed E-state index contributed by atoms with van der Waals surface area (Å²) in [6, 6.07) is 0. The summed E-state index contributed by atoms with van der Waals surface area (Å²) in [6.45, 7) is 7.07. The van der Waals surface area contributed by atoms with E-state index in [4.69, 9.17) is 24.7 Å². The van der Waals surface area contributed by atoms with Crippen molar-refractivity contribution in [3.8, 4) is 0 Å². The first-order chi connectivity index (χ1) is 8.81. The molecule has 6 nitrogen and oxygen atoms in total. The van der Waals surface area contributed by atoms with Gasteiger partial charge in [0.15, 0.2) is 0 Å². The Labute approximate surface area is 120 Å². The number of hydrogen-bond donors (Lipinski definition) is 1. The van der Waals surface area contributed by atoms with Crippen LogP contribution in [-0.2, 0) is 23.7 Å². The van der Waals surface area contributed by atoms with Crippen molar-refractivity contribution in [3.63, 3.8) is 0 Å². The molecule has 0 aromatic carbocycles. The first-order valence-corrected chi connectivity index (χ1v) is 6.01. The number of carbonyl (C=O) groups excluding carboxylic acids is 1. The second-order valence-corrected chi connectivity index (χ2v) is 3.35. The number of carbonyl (C=O) groups is 1. The quantitative estimate of drug-likeness (QED) is 0.303. The Bertz CT molecular complexity index is 216. The van der Waals surface area contributed by atoms with Crippen LogP contribution in [-0.4, -0.2) is 58.8 Å². The van der Waals surface area contributed by atoms with Crippen LogP contribution in [0.1, 0.15) is 6.42 Å². The third-order valence-electron chi connectivity index (χ3n) is 1.82. The first kappa shape index (κ1) is 20.7. The predicted octanol–water partition coefficient (Wildman–Crippen LogP) is 0.536. The molecule has 0 saturated heterocycles. The van der Waals surface area contributed by atoms with Crippen LogP contribution in [0.25, 0.3) is 0 Å². The molecule has 0 fully saturated rings. The molecule has 0 aliphatic rings. The molecule has 114 valence electrons. The van der Waals surface area contributed by atoms with Crippen LogP contribution in [0.2, 0.25) is 0 Å². The Hall–Kier alpha value is -0.660. The largest absolute Gasteiger partial charge is 0.461 e. The fraction of sp³-hybridized carbons (Fsp3) is 0.750. The molecular formula is C12H24ClNO5. The topological polar surface area (TPSA) is 80.0 Å². The predicted molar refractivity (Wildman–Crippen MR) is 74.5 cm³/mol. The molecule has 0 atom stereocenters. The number of rotatable bonds is 13. The molecule has 2 N–H and O–H groups in total. The van der Waals surface area contributed by atoms with Crippen LogP contribution in [0, 0.1) is 0 Å². The standard InChI is InChI=1S/C12H23NO5.ClH/c1-2-5-18-12(14)3-6-15-8-10-17-11-9-16-7-4-13;/h2H,1,3-11,13H2;1H. The van der Waals surface area contributed by atoms with E-state index in [1.54, 1.807) is 0 Å². The van der Waals surface area contributed by atoms with Crippen molar-refractivity contribution >= 4 is 18.4 Å². The molecule has 7 heteroatoms. The Morgan fingerprint density at radius 2 is 1.53 bits per heavy atom. The molecule has 0 bridgehead atoms. The maximum atomic E-state index is 11.0. The number of esters is 1. The summed E-state index contributed by atoms with van der Waals surface area (Å²) in [4.78, 5) is 11.0. The molecular weight excluding hydrogens is 274 g/mol. The molecule has 0 rings (SSSR count). The summed E-state index contributed by atoms with van der Waals surface area (Å²) in [7, 11) is 0. The molecule has 0 radical (unpaired) electrons. The lowest BCUT2D eigenvalue weighted by Gasteiger charge is -2.06. The molecule has 0 unspecified atom stereocenters. The van der Waals surface area contributed by atoms with Gasteiger partial charge in [-0.25, -0.2) is 0 Å². The number of hydrogen-bond acceptors (Lipinski definition) is 6. The molecule has 0 spiro atoms. The van der Waals surface area contributed by atoms with E-state index in [1.165, 1.54) is 6.08 Å². The van der Waals surface area contributed by atoms with Gasteiger partial charge < -0.3 is 24.7 Å². The van der Waals surface area contributed by atoms with Gasteiger partial charge in [-0.2, -0.15) is 0 Å². The third-order valence-corrected chi connectivity index (χ3v) is 1.82. The Balaban J connectivity index is 0. The van der Waals surface area contributed by atoms with Gasteiger partial charge in [-0.1, -0.05) is 12.7 Å². The van der Waals surface area contributed by atoms with E-state index in [0.29, 0.717) is 46.2 Å². The van der Waals surface area contributed by atoms with Gasteiger partial charge in [0.05, 0.1) is 46.1 Å². The lowest BCUT2D eigenvalue weighted by molar-refractivity contribution is -0.143. The second kappa shape index (κ2) is 17.3. The van der Waals surface area contributed by atoms with Gasteiger partial charge in [-0.05, 0) is 0 Å². The Morgan fingerprint density at radius 3 is 2.05 bits per heavy atom. The van der Waals surface area contributed by atoms with Crippen molar-refractivity contribution in [3.05, 3.63) is 12.7 Å². The fourth-order valence-electron chi connectivity index (χ4n) is 1.00.